The van der Waals surface area contributed by atoms with Gasteiger partial charge in [0.25, 0.3) is 0 Å². The van der Waals surface area contributed by atoms with Gasteiger partial charge in [-0.2, -0.15) is 13.2 Å². The molecule has 110 valence electrons. The zero-order valence-electron chi connectivity index (χ0n) is 10.5. The van der Waals surface area contributed by atoms with Crippen LogP contribution in [0.2, 0.25) is 0 Å². The summed E-state index contributed by atoms with van der Waals surface area (Å²) in [5, 5.41) is 9.97. The van der Waals surface area contributed by atoms with Gasteiger partial charge in [0.2, 0.25) is 0 Å². The summed E-state index contributed by atoms with van der Waals surface area (Å²) in [6.45, 7) is 1.67. The van der Waals surface area contributed by atoms with Crippen molar-refractivity contribution in [2.24, 2.45) is 0 Å². The molecule has 1 aromatic carbocycles. The third-order valence-electron chi connectivity index (χ3n) is 2.85. The molecule has 2 aromatic rings. The Morgan fingerprint density at radius 1 is 1.30 bits per heavy atom. The molecule has 0 radical (unpaired) electrons. The van der Waals surface area contributed by atoms with Crippen LogP contribution in [0.25, 0.3) is 0 Å². The standard InChI is InChI=1S/C13H12F3NO2.ClH/c1-8-12(19-7-17-8)6-11(18)9-4-2-3-5-10(9)13(14,15)16;/h2-5,7,11,18H,6H2,1H3;1H. The Bertz CT molecular complexity index is 569. The minimum atomic E-state index is -4.49. The number of hydrogen-bond donors (Lipinski definition) is 1. The predicted molar refractivity (Wildman–Crippen MR) is 68.6 cm³/mol. The van der Waals surface area contributed by atoms with Crippen molar-refractivity contribution in [1.29, 1.82) is 0 Å². The second-order valence-electron chi connectivity index (χ2n) is 4.17. The van der Waals surface area contributed by atoms with E-state index < -0.39 is 17.8 Å². The Morgan fingerprint density at radius 3 is 2.50 bits per heavy atom. The summed E-state index contributed by atoms with van der Waals surface area (Å²) in [6, 6.07) is 4.96. The summed E-state index contributed by atoms with van der Waals surface area (Å²) in [5.74, 6) is 0.379. The third kappa shape index (κ3) is 3.52. The first-order valence-corrected chi connectivity index (χ1v) is 5.62. The first-order chi connectivity index (χ1) is 8.89. The van der Waals surface area contributed by atoms with Crippen molar-refractivity contribution < 1.29 is 22.7 Å². The Balaban J connectivity index is 0.00000200. The van der Waals surface area contributed by atoms with Crippen molar-refractivity contribution in [2.45, 2.75) is 25.6 Å². The van der Waals surface area contributed by atoms with E-state index in [1.807, 2.05) is 0 Å². The topological polar surface area (TPSA) is 46.3 Å². The molecule has 0 fully saturated rings. The van der Waals surface area contributed by atoms with Gasteiger partial charge in [0, 0.05) is 6.42 Å². The van der Waals surface area contributed by atoms with E-state index in [1.165, 1.54) is 24.6 Å². The number of aromatic nitrogens is 1. The fraction of sp³-hybridized carbons (Fsp3) is 0.308. The number of aliphatic hydroxyl groups excluding tert-OH is 1. The lowest BCUT2D eigenvalue weighted by Gasteiger charge is -2.16. The fourth-order valence-corrected chi connectivity index (χ4v) is 1.85. The maximum Gasteiger partial charge on any atom is 0.416 e. The van der Waals surface area contributed by atoms with E-state index in [4.69, 9.17) is 4.42 Å². The lowest BCUT2D eigenvalue weighted by molar-refractivity contribution is -0.139. The van der Waals surface area contributed by atoms with E-state index in [0.29, 0.717) is 11.5 Å². The van der Waals surface area contributed by atoms with Crippen LogP contribution in [0.5, 0.6) is 0 Å². The van der Waals surface area contributed by atoms with Crippen molar-refractivity contribution >= 4 is 12.4 Å². The quantitative estimate of drug-likeness (QED) is 0.940. The zero-order chi connectivity index (χ0) is 14.0. The highest BCUT2D eigenvalue weighted by atomic mass is 35.5. The molecule has 1 aromatic heterocycles. The average molecular weight is 308 g/mol. The minimum absolute atomic E-state index is 0. The summed E-state index contributed by atoms with van der Waals surface area (Å²) in [6.07, 6.45) is -4.62. The highest BCUT2D eigenvalue weighted by Crippen LogP contribution is 2.35. The molecule has 1 atom stereocenters. The Labute approximate surface area is 119 Å². The van der Waals surface area contributed by atoms with Gasteiger partial charge in [-0.05, 0) is 18.6 Å². The molecule has 20 heavy (non-hydrogen) atoms. The van der Waals surface area contributed by atoms with Crippen LogP contribution >= 0.6 is 12.4 Å². The number of alkyl halides is 3. The van der Waals surface area contributed by atoms with E-state index in [-0.39, 0.29) is 24.4 Å². The monoisotopic (exact) mass is 307 g/mol. The number of aryl methyl sites for hydroxylation is 1. The molecule has 0 saturated heterocycles. The predicted octanol–water partition coefficient (Wildman–Crippen LogP) is 3.70. The molecule has 0 aliphatic carbocycles. The van der Waals surface area contributed by atoms with E-state index in [2.05, 4.69) is 4.98 Å². The van der Waals surface area contributed by atoms with Gasteiger partial charge in [0.05, 0.1) is 17.4 Å². The Kier molecular flexibility index (Phi) is 5.19. The number of nitrogens with zero attached hydrogens (tertiary/aromatic N) is 1. The van der Waals surface area contributed by atoms with Crippen LogP contribution in [0, 0.1) is 6.92 Å². The van der Waals surface area contributed by atoms with Crippen LogP contribution in [0.15, 0.2) is 35.1 Å². The van der Waals surface area contributed by atoms with E-state index in [0.717, 1.165) is 6.07 Å². The molecule has 0 amide bonds. The van der Waals surface area contributed by atoms with Gasteiger partial charge in [-0.15, -0.1) is 12.4 Å². The van der Waals surface area contributed by atoms with Crippen LogP contribution in [-0.4, -0.2) is 10.1 Å². The van der Waals surface area contributed by atoms with Gasteiger partial charge in [-0.25, -0.2) is 4.98 Å². The number of benzene rings is 1. The van der Waals surface area contributed by atoms with Crippen LogP contribution in [0.4, 0.5) is 13.2 Å². The summed E-state index contributed by atoms with van der Waals surface area (Å²) in [7, 11) is 0. The normalized spacial score (nSPS) is 12.8. The van der Waals surface area contributed by atoms with Gasteiger partial charge in [-0.1, -0.05) is 18.2 Å². The summed E-state index contributed by atoms with van der Waals surface area (Å²) < 4.78 is 43.5. The molecule has 0 aliphatic rings. The smallest absolute Gasteiger partial charge is 0.416 e. The second kappa shape index (κ2) is 6.28. The molecule has 3 nitrogen and oxygen atoms in total. The van der Waals surface area contributed by atoms with Crippen molar-refractivity contribution in [3.05, 3.63) is 53.2 Å². The van der Waals surface area contributed by atoms with Crippen LogP contribution in [0.1, 0.15) is 28.7 Å². The summed E-state index contributed by atoms with van der Waals surface area (Å²) >= 11 is 0. The largest absolute Gasteiger partial charge is 0.448 e. The number of halogens is 4. The number of aliphatic hydroxyl groups is 1. The van der Waals surface area contributed by atoms with Gasteiger partial charge in [0.15, 0.2) is 6.39 Å². The number of hydrogen-bond acceptors (Lipinski definition) is 3. The van der Waals surface area contributed by atoms with Gasteiger partial charge < -0.3 is 9.52 Å². The molecule has 1 N–H and O–H groups in total. The SMILES string of the molecule is Cc1ncoc1CC(O)c1ccccc1C(F)(F)F.Cl. The highest BCUT2D eigenvalue weighted by Gasteiger charge is 2.34. The first-order valence-electron chi connectivity index (χ1n) is 5.62. The van der Waals surface area contributed by atoms with Crippen molar-refractivity contribution in [2.75, 3.05) is 0 Å². The van der Waals surface area contributed by atoms with Gasteiger partial charge in [0.1, 0.15) is 5.76 Å². The first kappa shape index (κ1) is 16.5. The van der Waals surface area contributed by atoms with Crippen molar-refractivity contribution in [3.8, 4) is 0 Å². The third-order valence-corrected chi connectivity index (χ3v) is 2.85. The molecule has 0 spiro atoms. The Morgan fingerprint density at radius 2 is 1.95 bits per heavy atom. The van der Waals surface area contributed by atoms with Gasteiger partial charge in [-0.3, -0.25) is 0 Å². The lowest BCUT2D eigenvalue weighted by atomic mass is 9.98. The van der Waals surface area contributed by atoms with Crippen LogP contribution in [0.3, 0.4) is 0 Å². The van der Waals surface area contributed by atoms with Gasteiger partial charge >= 0.3 is 6.18 Å². The molecule has 1 unspecified atom stereocenters. The molecule has 0 saturated carbocycles. The maximum atomic E-state index is 12.8. The Hall–Kier alpha value is -1.53. The zero-order valence-corrected chi connectivity index (χ0v) is 11.3. The summed E-state index contributed by atoms with van der Waals surface area (Å²) in [4.78, 5) is 3.83. The second-order valence-corrected chi connectivity index (χ2v) is 4.17. The molecule has 0 bridgehead atoms. The van der Waals surface area contributed by atoms with Crippen molar-refractivity contribution in [3.63, 3.8) is 0 Å². The molecule has 0 aliphatic heterocycles. The molecule has 1 heterocycles. The van der Waals surface area contributed by atoms with Crippen molar-refractivity contribution in [1.82, 2.24) is 4.98 Å². The van der Waals surface area contributed by atoms with E-state index >= 15 is 0 Å². The van der Waals surface area contributed by atoms with Crippen LogP contribution in [-0.2, 0) is 12.6 Å². The fourth-order valence-electron chi connectivity index (χ4n) is 1.85. The van der Waals surface area contributed by atoms with E-state index in [9.17, 15) is 18.3 Å². The minimum Gasteiger partial charge on any atom is -0.448 e. The molecule has 2 rings (SSSR count). The molecule has 7 heteroatoms. The molecular weight excluding hydrogens is 295 g/mol. The lowest BCUT2D eigenvalue weighted by Crippen LogP contribution is -2.13. The maximum absolute atomic E-state index is 12.8. The molecular formula is C13H13ClF3NO2. The average Bonchev–Trinajstić information content (AvgIpc) is 2.74. The van der Waals surface area contributed by atoms with Crippen LogP contribution < -0.4 is 0 Å². The van der Waals surface area contributed by atoms with E-state index in [1.54, 1.807) is 6.92 Å². The summed E-state index contributed by atoms with van der Waals surface area (Å²) in [5.41, 5.74) is -0.436. The number of oxazole rings is 1. The number of rotatable bonds is 3. The highest BCUT2D eigenvalue weighted by molar-refractivity contribution is 5.85.